The molecule has 3 heterocycles. The number of ether oxygens (including phenoxy) is 1. The lowest BCUT2D eigenvalue weighted by atomic mass is 9.95. The zero-order valence-corrected chi connectivity index (χ0v) is 15.2. The van der Waals surface area contributed by atoms with Gasteiger partial charge < -0.3 is 10.1 Å². The molecular formula is C18H23N3O2S. The number of nitrogens with one attached hydrogen (secondary N) is 1. The number of morpholine rings is 1. The summed E-state index contributed by atoms with van der Waals surface area (Å²) in [5, 5.41) is 3.98. The van der Waals surface area contributed by atoms with E-state index in [-0.39, 0.29) is 11.9 Å². The van der Waals surface area contributed by atoms with Crippen molar-refractivity contribution in [3.8, 4) is 0 Å². The number of anilines is 1. The van der Waals surface area contributed by atoms with Crippen LogP contribution in [0.2, 0.25) is 0 Å². The van der Waals surface area contributed by atoms with Crippen molar-refractivity contribution in [1.29, 1.82) is 0 Å². The first-order valence-corrected chi connectivity index (χ1v) is 8.98. The van der Waals surface area contributed by atoms with Crippen LogP contribution in [0.4, 0.5) is 5.00 Å². The molecule has 0 aromatic carbocycles. The Morgan fingerprint density at radius 2 is 1.96 bits per heavy atom. The molecule has 128 valence electrons. The van der Waals surface area contributed by atoms with Crippen molar-refractivity contribution in [2.45, 2.75) is 26.8 Å². The molecule has 2 aromatic rings. The summed E-state index contributed by atoms with van der Waals surface area (Å²) < 4.78 is 5.53. The average molecular weight is 345 g/mol. The van der Waals surface area contributed by atoms with Gasteiger partial charge in [0.15, 0.2) is 0 Å². The summed E-state index contributed by atoms with van der Waals surface area (Å²) in [6.07, 6.45) is 3.66. The maximum absolute atomic E-state index is 11.7. The van der Waals surface area contributed by atoms with Crippen molar-refractivity contribution in [2.24, 2.45) is 0 Å². The number of amides is 1. The van der Waals surface area contributed by atoms with Gasteiger partial charge in [0.05, 0.1) is 19.3 Å². The van der Waals surface area contributed by atoms with Gasteiger partial charge in [-0.2, -0.15) is 0 Å². The van der Waals surface area contributed by atoms with E-state index in [4.69, 9.17) is 4.74 Å². The number of hydrogen-bond donors (Lipinski definition) is 1. The van der Waals surface area contributed by atoms with Gasteiger partial charge in [-0.3, -0.25) is 14.7 Å². The maximum atomic E-state index is 11.7. The molecule has 0 bridgehead atoms. The summed E-state index contributed by atoms with van der Waals surface area (Å²) in [4.78, 5) is 19.5. The molecule has 2 aromatic heterocycles. The molecule has 1 aliphatic heterocycles. The second kappa shape index (κ2) is 7.42. The van der Waals surface area contributed by atoms with E-state index < -0.39 is 0 Å². The fourth-order valence-electron chi connectivity index (χ4n) is 3.17. The van der Waals surface area contributed by atoms with Crippen molar-refractivity contribution in [2.75, 3.05) is 31.6 Å². The predicted octanol–water partition coefficient (Wildman–Crippen LogP) is 3.14. The molecule has 1 amide bonds. The van der Waals surface area contributed by atoms with Crippen LogP contribution in [0.25, 0.3) is 0 Å². The van der Waals surface area contributed by atoms with Gasteiger partial charge in [0.1, 0.15) is 5.00 Å². The first-order chi connectivity index (χ1) is 11.6. The number of pyridine rings is 1. The summed E-state index contributed by atoms with van der Waals surface area (Å²) in [6, 6.07) is 4.22. The lowest BCUT2D eigenvalue weighted by Crippen LogP contribution is -2.39. The van der Waals surface area contributed by atoms with E-state index >= 15 is 0 Å². The third-order valence-electron chi connectivity index (χ3n) is 4.43. The molecule has 0 aliphatic carbocycles. The van der Waals surface area contributed by atoms with Crippen molar-refractivity contribution >= 4 is 22.2 Å². The largest absolute Gasteiger partial charge is 0.379 e. The molecule has 0 spiro atoms. The summed E-state index contributed by atoms with van der Waals surface area (Å²) in [7, 11) is 0. The van der Waals surface area contributed by atoms with Gasteiger partial charge >= 0.3 is 0 Å². The summed E-state index contributed by atoms with van der Waals surface area (Å²) >= 11 is 1.65. The minimum absolute atomic E-state index is 0.0343. The Kier molecular flexibility index (Phi) is 5.28. The maximum Gasteiger partial charge on any atom is 0.221 e. The molecule has 1 atom stereocenters. The van der Waals surface area contributed by atoms with Crippen LogP contribution in [0.15, 0.2) is 24.5 Å². The van der Waals surface area contributed by atoms with Crippen molar-refractivity contribution < 1.29 is 9.53 Å². The second-order valence-corrected chi connectivity index (χ2v) is 7.26. The lowest BCUT2D eigenvalue weighted by Gasteiger charge is -2.35. The Morgan fingerprint density at radius 3 is 2.58 bits per heavy atom. The SMILES string of the molecule is CC(=O)Nc1sc(C)c(C)c1C(c1ccncc1)N1CCOCC1. The van der Waals surface area contributed by atoms with Crippen LogP contribution in [0.1, 0.15) is 34.5 Å². The fourth-order valence-corrected chi connectivity index (χ4v) is 4.31. The molecular weight excluding hydrogens is 322 g/mol. The molecule has 6 heteroatoms. The molecule has 5 nitrogen and oxygen atoms in total. The summed E-state index contributed by atoms with van der Waals surface area (Å²) in [5.74, 6) is -0.0343. The molecule has 3 rings (SSSR count). The van der Waals surface area contributed by atoms with Gasteiger partial charge in [0, 0.05) is 42.8 Å². The zero-order valence-electron chi connectivity index (χ0n) is 14.3. The van der Waals surface area contributed by atoms with Gasteiger partial charge in [-0.05, 0) is 37.1 Å². The van der Waals surface area contributed by atoms with E-state index in [1.807, 2.05) is 12.4 Å². The van der Waals surface area contributed by atoms with Crippen molar-refractivity contribution in [3.63, 3.8) is 0 Å². The molecule has 1 saturated heterocycles. The number of thiophene rings is 1. The molecule has 0 saturated carbocycles. The third-order valence-corrected chi connectivity index (χ3v) is 5.57. The average Bonchev–Trinajstić information content (AvgIpc) is 2.84. The van der Waals surface area contributed by atoms with Crippen molar-refractivity contribution in [3.05, 3.63) is 46.1 Å². The molecule has 24 heavy (non-hydrogen) atoms. The summed E-state index contributed by atoms with van der Waals surface area (Å²) in [5.41, 5.74) is 3.64. The topological polar surface area (TPSA) is 54.5 Å². The first kappa shape index (κ1) is 17.1. The van der Waals surface area contributed by atoms with Gasteiger partial charge in [-0.1, -0.05) is 0 Å². The van der Waals surface area contributed by atoms with E-state index in [9.17, 15) is 4.79 Å². The Balaban J connectivity index is 2.10. The van der Waals surface area contributed by atoms with E-state index in [1.54, 1.807) is 18.3 Å². The number of nitrogens with zero attached hydrogens (tertiary/aromatic N) is 2. The van der Waals surface area contributed by atoms with Gasteiger partial charge in [0.25, 0.3) is 0 Å². The van der Waals surface area contributed by atoms with Gasteiger partial charge in [-0.25, -0.2) is 0 Å². The van der Waals surface area contributed by atoms with Crippen LogP contribution in [0.3, 0.4) is 0 Å². The van der Waals surface area contributed by atoms with E-state index in [1.165, 1.54) is 21.6 Å². The number of aromatic nitrogens is 1. The Labute approximate surface area is 146 Å². The molecule has 1 fully saturated rings. The van der Waals surface area contributed by atoms with Crippen LogP contribution >= 0.6 is 11.3 Å². The van der Waals surface area contributed by atoms with Crippen LogP contribution in [-0.2, 0) is 9.53 Å². The molecule has 1 N–H and O–H groups in total. The lowest BCUT2D eigenvalue weighted by molar-refractivity contribution is -0.114. The normalized spacial score (nSPS) is 16.8. The highest BCUT2D eigenvalue weighted by Crippen LogP contribution is 2.42. The fraction of sp³-hybridized carbons (Fsp3) is 0.444. The quantitative estimate of drug-likeness (QED) is 0.925. The zero-order chi connectivity index (χ0) is 17.1. The highest BCUT2D eigenvalue weighted by molar-refractivity contribution is 7.16. The van der Waals surface area contributed by atoms with E-state index in [0.717, 1.165) is 31.3 Å². The molecule has 1 aliphatic rings. The number of aryl methyl sites for hydroxylation is 1. The molecule has 1 unspecified atom stereocenters. The van der Waals surface area contributed by atoms with Crippen molar-refractivity contribution in [1.82, 2.24) is 9.88 Å². The minimum atomic E-state index is -0.0343. The summed E-state index contributed by atoms with van der Waals surface area (Å²) in [6.45, 7) is 9.03. The standard InChI is InChI=1S/C18H23N3O2S/c1-12-13(2)24-18(20-14(3)22)16(12)17(15-4-6-19-7-5-15)21-8-10-23-11-9-21/h4-7,17H,8-11H2,1-3H3,(H,20,22). The Hall–Kier alpha value is -1.76. The van der Waals surface area contributed by atoms with E-state index in [0.29, 0.717) is 0 Å². The monoisotopic (exact) mass is 345 g/mol. The van der Waals surface area contributed by atoms with Crippen LogP contribution < -0.4 is 5.32 Å². The number of hydrogen-bond acceptors (Lipinski definition) is 5. The van der Waals surface area contributed by atoms with Gasteiger partial charge in [-0.15, -0.1) is 11.3 Å². The third kappa shape index (κ3) is 3.50. The van der Waals surface area contributed by atoms with Gasteiger partial charge in [0.2, 0.25) is 5.91 Å². The van der Waals surface area contributed by atoms with E-state index in [2.05, 4.69) is 41.2 Å². The number of rotatable bonds is 4. The van der Waals surface area contributed by atoms with Crippen LogP contribution in [-0.4, -0.2) is 42.1 Å². The highest BCUT2D eigenvalue weighted by atomic mass is 32.1. The number of carbonyl (C=O) groups is 1. The Morgan fingerprint density at radius 1 is 1.29 bits per heavy atom. The highest BCUT2D eigenvalue weighted by Gasteiger charge is 2.30. The smallest absolute Gasteiger partial charge is 0.221 e. The predicted molar refractivity (Wildman–Crippen MR) is 96.6 cm³/mol. The second-order valence-electron chi connectivity index (χ2n) is 6.04. The Bertz CT molecular complexity index is 709. The number of carbonyl (C=O) groups excluding carboxylic acids is 1. The van der Waals surface area contributed by atoms with Crippen LogP contribution in [0, 0.1) is 13.8 Å². The first-order valence-electron chi connectivity index (χ1n) is 8.17. The van der Waals surface area contributed by atoms with Crippen LogP contribution in [0.5, 0.6) is 0 Å². The molecule has 0 radical (unpaired) electrons. The minimum Gasteiger partial charge on any atom is -0.379 e.